The number of nitrogens with zero attached hydrogens (tertiary/aromatic N) is 3. The van der Waals surface area contributed by atoms with Crippen molar-refractivity contribution >= 4 is 11.6 Å². The molecule has 1 unspecified atom stereocenters. The highest BCUT2D eigenvalue weighted by Gasteiger charge is 2.18. The van der Waals surface area contributed by atoms with Crippen LogP contribution in [0.5, 0.6) is 0 Å². The van der Waals surface area contributed by atoms with Gasteiger partial charge >= 0.3 is 0 Å². The third kappa shape index (κ3) is 4.56. The lowest BCUT2D eigenvalue weighted by Crippen LogP contribution is -2.35. The summed E-state index contributed by atoms with van der Waals surface area (Å²) in [5, 5.41) is 6.77. The highest BCUT2D eigenvalue weighted by Crippen LogP contribution is 2.18. The third-order valence-electron chi connectivity index (χ3n) is 3.96. The van der Waals surface area contributed by atoms with E-state index >= 15 is 0 Å². The van der Waals surface area contributed by atoms with E-state index < -0.39 is 0 Å². The quantitative estimate of drug-likeness (QED) is 0.809. The molecule has 1 aliphatic heterocycles. The van der Waals surface area contributed by atoms with Crippen LogP contribution in [0.25, 0.3) is 0 Å². The molecule has 1 saturated heterocycles. The van der Waals surface area contributed by atoms with Crippen molar-refractivity contribution < 1.29 is 0 Å². The lowest BCUT2D eigenvalue weighted by Gasteiger charge is -2.24. The molecule has 0 radical (unpaired) electrons. The molecule has 2 N–H and O–H groups in total. The van der Waals surface area contributed by atoms with E-state index in [-0.39, 0.29) is 0 Å². The molecule has 0 aromatic carbocycles. The van der Waals surface area contributed by atoms with E-state index in [0.717, 1.165) is 30.5 Å². The summed E-state index contributed by atoms with van der Waals surface area (Å²) in [6, 6.07) is 2.55. The van der Waals surface area contributed by atoms with Crippen molar-refractivity contribution in [2.24, 2.45) is 0 Å². The smallest absolute Gasteiger partial charge is 0.135 e. The van der Waals surface area contributed by atoms with Crippen LogP contribution in [0, 0.1) is 0 Å². The fourth-order valence-electron chi connectivity index (χ4n) is 2.65. The number of rotatable bonds is 7. The Morgan fingerprint density at radius 2 is 1.71 bits per heavy atom. The number of nitrogens with one attached hydrogen (secondary N) is 2. The van der Waals surface area contributed by atoms with Crippen molar-refractivity contribution in [3.05, 3.63) is 11.9 Å². The molecule has 0 aliphatic carbocycles. The van der Waals surface area contributed by atoms with Crippen LogP contribution < -0.4 is 10.6 Å². The molecule has 0 amide bonds. The summed E-state index contributed by atoms with van der Waals surface area (Å²) < 4.78 is 0. The van der Waals surface area contributed by atoms with E-state index in [1.54, 1.807) is 0 Å². The largest absolute Gasteiger partial charge is 0.370 e. The first kappa shape index (κ1) is 16.0. The summed E-state index contributed by atoms with van der Waals surface area (Å²) in [4.78, 5) is 11.7. The number of likely N-dealkylation sites (tertiary alicyclic amines) is 1. The van der Waals surface area contributed by atoms with Gasteiger partial charge in [-0.3, -0.25) is 4.90 Å². The second kappa shape index (κ2) is 7.59. The van der Waals surface area contributed by atoms with Gasteiger partial charge in [0.15, 0.2) is 0 Å². The fraction of sp³-hybridized carbons (Fsp3) is 0.750. The molecular weight excluding hydrogens is 262 g/mol. The van der Waals surface area contributed by atoms with Gasteiger partial charge in [0.25, 0.3) is 0 Å². The lowest BCUT2D eigenvalue weighted by molar-refractivity contribution is 0.269. The first-order valence-corrected chi connectivity index (χ1v) is 8.21. The Labute approximate surface area is 128 Å². The molecule has 1 atom stereocenters. The predicted octanol–water partition coefficient (Wildman–Crippen LogP) is 2.93. The van der Waals surface area contributed by atoms with Gasteiger partial charge in [-0.05, 0) is 39.8 Å². The van der Waals surface area contributed by atoms with E-state index in [1.807, 2.05) is 6.07 Å². The van der Waals surface area contributed by atoms with Gasteiger partial charge in [0, 0.05) is 31.1 Å². The Morgan fingerprint density at radius 3 is 2.29 bits per heavy atom. The zero-order valence-corrected chi connectivity index (χ0v) is 13.8. The van der Waals surface area contributed by atoms with E-state index in [9.17, 15) is 0 Å². The SMILES string of the molecule is CCNc1cc(NCC(C)N2CCCC2)nc(C(C)C)n1. The predicted molar refractivity (Wildman–Crippen MR) is 89.0 cm³/mol. The van der Waals surface area contributed by atoms with Gasteiger partial charge in [0.05, 0.1) is 0 Å². The molecule has 0 saturated carbocycles. The van der Waals surface area contributed by atoms with Gasteiger partial charge < -0.3 is 10.6 Å². The average Bonchev–Trinajstić information content (AvgIpc) is 2.99. The third-order valence-corrected chi connectivity index (χ3v) is 3.96. The highest BCUT2D eigenvalue weighted by molar-refractivity contribution is 5.47. The van der Waals surface area contributed by atoms with Crippen LogP contribution in [0.15, 0.2) is 6.07 Å². The van der Waals surface area contributed by atoms with Crippen LogP contribution in [0.1, 0.15) is 52.3 Å². The molecule has 1 fully saturated rings. The Balaban J connectivity index is 2.00. The second-order valence-corrected chi connectivity index (χ2v) is 6.15. The van der Waals surface area contributed by atoms with Gasteiger partial charge in [-0.15, -0.1) is 0 Å². The summed E-state index contributed by atoms with van der Waals surface area (Å²) in [5.74, 6) is 3.06. The maximum atomic E-state index is 4.63. The molecule has 1 aliphatic rings. The minimum atomic E-state index is 0.333. The van der Waals surface area contributed by atoms with Gasteiger partial charge in [-0.25, -0.2) is 9.97 Å². The molecule has 118 valence electrons. The monoisotopic (exact) mass is 291 g/mol. The minimum absolute atomic E-state index is 0.333. The molecule has 0 spiro atoms. The van der Waals surface area contributed by atoms with Gasteiger partial charge in [0.1, 0.15) is 17.5 Å². The molecule has 1 aromatic heterocycles. The summed E-state index contributed by atoms with van der Waals surface area (Å²) in [6.07, 6.45) is 2.67. The maximum Gasteiger partial charge on any atom is 0.135 e. The van der Waals surface area contributed by atoms with Crippen LogP contribution in [0.4, 0.5) is 11.6 Å². The Morgan fingerprint density at radius 1 is 1.10 bits per heavy atom. The summed E-state index contributed by atoms with van der Waals surface area (Å²) in [7, 11) is 0. The van der Waals surface area contributed by atoms with Crippen LogP contribution in [-0.4, -0.2) is 47.1 Å². The summed E-state index contributed by atoms with van der Waals surface area (Å²) in [5.41, 5.74) is 0. The zero-order chi connectivity index (χ0) is 15.2. The summed E-state index contributed by atoms with van der Waals surface area (Å²) >= 11 is 0. The van der Waals surface area contributed by atoms with Crippen molar-refractivity contribution in [1.29, 1.82) is 0 Å². The van der Waals surface area contributed by atoms with Crippen molar-refractivity contribution in [2.75, 3.05) is 36.8 Å². The molecule has 2 rings (SSSR count). The van der Waals surface area contributed by atoms with Gasteiger partial charge in [-0.1, -0.05) is 13.8 Å². The highest BCUT2D eigenvalue weighted by atomic mass is 15.2. The molecular formula is C16H29N5. The number of hydrogen-bond acceptors (Lipinski definition) is 5. The fourth-order valence-corrected chi connectivity index (χ4v) is 2.65. The molecule has 0 bridgehead atoms. The Bertz CT molecular complexity index is 440. The first-order chi connectivity index (χ1) is 10.1. The molecule has 21 heavy (non-hydrogen) atoms. The van der Waals surface area contributed by atoms with Crippen LogP contribution in [0.2, 0.25) is 0 Å². The van der Waals surface area contributed by atoms with E-state index in [1.165, 1.54) is 25.9 Å². The number of hydrogen-bond donors (Lipinski definition) is 2. The lowest BCUT2D eigenvalue weighted by atomic mass is 10.2. The van der Waals surface area contributed by atoms with E-state index in [2.05, 4.69) is 53.2 Å². The van der Waals surface area contributed by atoms with E-state index in [4.69, 9.17) is 0 Å². The topological polar surface area (TPSA) is 53.1 Å². The maximum absolute atomic E-state index is 4.63. The standard InChI is InChI=1S/C16H29N5/c1-5-17-14-10-15(20-16(19-14)12(2)3)18-11-13(4)21-8-6-7-9-21/h10,12-13H,5-9,11H2,1-4H3,(H2,17,18,19,20). The normalized spacial score (nSPS) is 17.2. The van der Waals surface area contributed by atoms with Crippen LogP contribution in [0.3, 0.4) is 0 Å². The van der Waals surface area contributed by atoms with E-state index in [0.29, 0.717) is 12.0 Å². The van der Waals surface area contributed by atoms with Crippen molar-refractivity contribution in [3.8, 4) is 0 Å². The molecule has 1 aromatic rings. The Kier molecular flexibility index (Phi) is 5.79. The van der Waals surface area contributed by atoms with Crippen molar-refractivity contribution in [2.45, 2.75) is 52.5 Å². The number of anilines is 2. The van der Waals surface area contributed by atoms with Crippen LogP contribution in [-0.2, 0) is 0 Å². The van der Waals surface area contributed by atoms with Gasteiger partial charge in [-0.2, -0.15) is 0 Å². The van der Waals surface area contributed by atoms with Crippen molar-refractivity contribution in [3.63, 3.8) is 0 Å². The second-order valence-electron chi connectivity index (χ2n) is 6.15. The zero-order valence-electron chi connectivity index (χ0n) is 13.8. The molecule has 2 heterocycles. The minimum Gasteiger partial charge on any atom is -0.370 e. The molecule has 5 heteroatoms. The number of aromatic nitrogens is 2. The van der Waals surface area contributed by atoms with Crippen molar-refractivity contribution in [1.82, 2.24) is 14.9 Å². The van der Waals surface area contributed by atoms with Gasteiger partial charge in [0.2, 0.25) is 0 Å². The average molecular weight is 291 g/mol. The first-order valence-electron chi connectivity index (χ1n) is 8.21. The molecule has 5 nitrogen and oxygen atoms in total. The van der Waals surface area contributed by atoms with Crippen LogP contribution >= 0.6 is 0 Å². The Hall–Kier alpha value is -1.36. The summed E-state index contributed by atoms with van der Waals surface area (Å²) in [6.45, 7) is 12.9.